The maximum absolute atomic E-state index is 4.35. The van der Waals surface area contributed by atoms with E-state index in [1.165, 1.54) is 0 Å². The zero-order valence-corrected chi connectivity index (χ0v) is 15.5. The Labute approximate surface area is 140 Å². The van der Waals surface area contributed by atoms with Gasteiger partial charge in [-0.2, -0.15) is 0 Å². The van der Waals surface area contributed by atoms with Crippen LogP contribution in [0.4, 0.5) is 0 Å². The van der Waals surface area contributed by atoms with E-state index in [1.807, 2.05) is 12.1 Å². The molecule has 0 radical (unpaired) electrons. The van der Waals surface area contributed by atoms with Crippen molar-refractivity contribution in [3.8, 4) is 10.6 Å². The molecule has 0 amide bonds. The van der Waals surface area contributed by atoms with Crippen molar-refractivity contribution >= 4 is 43.2 Å². The van der Waals surface area contributed by atoms with Gasteiger partial charge in [0.05, 0.1) is 6.04 Å². The molecule has 2 aromatic rings. The van der Waals surface area contributed by atoms with E-state index in [4.69, 9.17) is 0 Å². The van der Waals surface area contributed by atoms with Crippen molar-refractivity contribution in [2.24, 2.45) is 0 Å². The highest BCUT2D eigenvalue weighted by Gasteiger charge is 2.16. The van der Waals surface area contributed by atoms with Crippen LogP contribution in [0.5, 0.6) is 0 Å². The second kappa shape index (κ2) is 7.64. The van der Waals surface area contributed by atoms with Gasteiger partial charge in [0, 0.05) is 14.5 Å². The van der Waals surface area contributed by atoms with Gasteiger partial charge in [0.2, 0.25) is 0 Å². The molecule has 0 aliphatic rings. The summed E-state index contributed by atoms with van der Waals surface area (Å²) in [5.41, 5.74) is 1.09. The number of halogens is 2. The second-order valence-electron chi connectivity index (χ2n) is 4.48. The molecule has 0 fully saturated rings. The Morgan fingerprint density at radius 3 is 2.70 bits per heavy atom. The average molecular weight is 419 g/mol. The summed E-state index contributed by atoms with van der Waals surface area (Å²) >= 11 is 8.71. The molecule has 1 unspecified atom stereocenters. The lowest BCUT2D eigenvalue weighted by atomic mass is 10.2. The number of aromatic nitrogens is 2. The van der Waals surface area contributed by atoms with Gasteiger partial charge in [-0.15, -0.1) is 10.2 Å². The van der Waals surface area contributed by atoms with Crippen LogP contribution < -0.4 is 5.32 Å². The quantitative estimate of drug-likeness (QED) is 0.701. The van der Waals surface area contributed by atoms with Gasteiger partial charge in [0.15, 0.2) is 0 Å². The number of nitrogens with one attached hydrogen (secondary N) is 1. The number of nitrogens with zero attached hydrogens (tertiary/aromatic N) is 2. The summed E-state index contributed by atoms with van der Waals surface area (Å²) in [4.78, 5) is 0. The number of benzene rings is 1. The molecule has 0 saturated heterocycles. The molecule has 1 N–H and O–H groups in total. The summed E-state index contributed by atoms with van der Waals surface area (Å²) in [5, 5.41) is 14.2. The van der Waals surface area contributed by atoms with Crippen LogP contribution in [0.2, 0.25) is 0 Å². The summed E-state index contributed by atoms with van der Waals surface area (Å²) in [6, 6.07) is 6.41. The topological polar surface area (TPSA) is 37.8 Å². The minimum absolute atomic E-state index is 0.301. The van der Waals surface area contributed by atoms with Crippen molar-refractivity contribution in [2.75, 3.05) is 6.54 Å². The van der Waals surface area contributed by atoms with E-state index in [-0.39, 0.29) is 0 Å². The largest absolute Gasteiger partial charge is 0.308 e. The monoisotopic (exact) mass is 417 g/mol. The Morgan fingerprint density at radius 1 is 1.25 bits per heavy atom. The van der Waals surface area contributed by atoms with Gasteiger partial charge in [0.25, 0.3) is 0 Å². The van der Waals surface area contributed by atoms with Crippen LogP contribution in [0.1, 0.15) is 37.7 Å². The second-order valence-corrected chi connectivity index (χ2v) is 7.26. The third kappa shape index (κ3) is 3.87. The summed E-state index contributed by atoms with van der Waals surface area (Å²) in [6.07, 6.45) is 2.15. The maximum Gasteiger partial charge on any atom is 0.148 e. The normalized spacial score (nSPS) is 12.6. The zero-order chi connectivity index (χ0) is 14.5. The molecule has 0 aliphatic heterocycles. The van der Waals surface area contributed by atoms with Crippen LogP contribution in [0.15, 0.2) is 27.1 Å². The smallest absolute Gasteiger partial charge is 0.148 e. The predicted octanol–water partition coefficient (Wildman–Crippen LogP) is 5.18. The molecule has 6 heteroatoms. The highest BCUT2D eigenvalue weighted by atomic mass is 79.9. The van der Waals surface area contributed by atoms with Gasteiger partial charge in [-0.05, 0) is 37.6 Å². The van der Waals surface area contributed by atoms with Crippen LogP contribution >= 0.6 is 43.2 Å². The SMILES string of the molecule is CCCNC(CC)c1nnc(-c2ccc(Br)cc2Br)s1. The van der Waals surface area contributed by atoms with Crippen molar-refractivity contribution in [3.63, 3.8) is 0 Å². The van der Waals surface area contributed by atoms with Crippen LogP contribution in [0.3, 0.4) is 0 Å². The highest BCUT2D eigenvalue weighted by molar-refractivity contribution is 9.11. The third-order valence-corrected chi connectivity index (χ3v) is 5.17. The molecule has 1 atom stereocenters. The highest BCUT2D eigenvalue weighted by Crippen LogP contribution is 2.34. The zero-order valence-electron chi connectivity index (χ0n) is 11.5. The molecule has 0 saturated carbocycles. The van der Waals surface area contributed by atoms with Crippen molar-refractivity contribution in [2.45, 2.75) is 32.7 Å². The summed E-state index contributed by atoms with van der Waals surface area (Å²) in [5.74, 6) is 0. The molecule has 0 spiro atoms. The summed E-state index contributed by atoms with van der Waals surface area (Å²) in [6.45, 7) is 5.35. The Hall–Kier alpha value is -0.300. The van der Waals surface area contributed by atoms with Crippen LogP contribution in [-0.4, -0.2) is 16.7 Å². The molecule has 108 valence electrons. The lowest BCUT2D eigenvalue weighted by Crippen LogP contribution is -2.21. The van der Waals surface area contributed by atoms with Gasteiger partial charge in [-0.25, -0.2) is 0 Å². The fourth-order valence-electron chi connectivity index (χ4n) is 1.87. The lowest BCUT2D eigenvalue weighted by Gasteiger charge is -2.12. The Kier molecular flexibility index (Phi) is 6.14. The number of rotatable bonds is 6. The Morgan fingerprint density at radius 2 is 2.05 bits per heavy atom. The molecule has 2 rings (SSSR count). The van der Waals surface area contributed by atoms with E-state index >= 15 is 0 Å². The third-order valence-electron chi connectivity index (χ3n) is 2.95. The molecular formula is C14H17Br2N3S. The van der Waals surface area contributed by atoms with Gasteiger partial charge in [-0.1, -0.05) is 57.0 Å². The molecule has 20 heavy (non-hydrogen) atoms. The molecule has 0 bridgehead atoms. The van der Waals surface area contributed by atoms with Crippen molar-refractivity contribution in [1.82, 2.24) is 15.5 Å². The van der Waals surface area contributed by atoms with Crippen LogP contribution in [0, 0.1) is 0 Å². The van der Waals surface area contributed by atoms with E-state index in [0.717, 1.165) is 43.9 Å². The van der Waals surface area contributed by atoms with Gasteiger partial charge >= 0.3 is 0 Å². The fourth-order valence-corrected chi connectivity index (χ4v) is 4.28. The predicted molar refractivity (Wildman–Crippen MR) is 92.1 cm³/mol. The van der Waals surface area contributed by atoms with E-state index in [2.05, 4.69) is 67.3 Å². The summed E-state index contributed by atoms with van der Waals surface area (Å²) < 4.78 is 2.08. The van der Waals surface area contributed by atoms with Gasteiger partial charge in [-0.3, -0.25) is 0 Å². The van der Waals surface area contributed by atoms with Crippen molar-refractivity contribution in [3.05, 3.63) is 32.2 Å². The maximum atomic E-state index is 4.35. The van der Waals surface area contributed by atoms with Crippen molar-refractivity contribution < 1.29 is 0 Å². The first kappa shape index (κ1) is 16.1. The molecule has 1 aromatic carbocycles. The Balaban J connectivity index is 2.23. The molecule has 3 nitrogen and oxygen atoms in total. The first-order chi connectivity index (χ1) is 9.65. The minimum atomic E-state index is 0.301. The first-order valence-corrected chi connectivity index (χ1v) is 9.08. The van der Waals surface area contributed by atoms with Crippen LogP contribution in [0.25, 0.3) is 10.6 Å². The van der Waals surface area contributed by atoms with Crippen molar-refractivity contribution in [1.29, 1.82) is 0 Å². The lowest BCUT2D eigenvalue weighted by molar-refractivity contribution is 0.513. The minimum Gasteiger partial charge on any atom is -0.308 e. The average Bonchev–Trinajstić information content (AvgIpc) is 2.89. The van der Waals surface area contributed by atoms with Crippen LogP contribution in [-0.2, 0) is 0 Å². The standard InChI is InChI=1S/C14H17Br2N3S/c1-3-7-17-12(4-2)14-19-18-13(20-14)10-6-5-9(15)8-11(10)16/h5-6,8,12,17H,3-4,7H2,1-2H3. The molecule has 0 aliphatic carbocycles. The number of hydrogen-bond donors (Lipinski definition) is 1. The molecule has 1 heterocycles. The fraction of sp³-hybridized carbons (Fsp3) is 0.429. The van der Waals surface area contributed by atoms with Gasteiger partial charge < -0.3 is 5.32 Å². The van der Waals surface area contributed by atoms with E-state index in [9.17, 15) is 0 Å². The van der Waals surface area contributed by atoms with E-state index in [1.54, 1.807) is 11.3 Å². The van der Waals surface area contributed by atoms with E-state index < -0.39 is 0 Å². The van der Waals surface area contributed by atoms with Gasteiger partial charge in [0.1, 0.15) is 10.0 Å². The molecule has 1 aromatic heterocycles. The Bertz CT molecular complexity index is 571. The van der Waals surface area contributed by atoms with E-state index in [0.29, 0.717) is 6.04 Å². The number of hydrogen-bond acceptors (Lipinski definition) is 4. The first-order valence-electron chi connectivity index (χ1n) is 6.67. The molecular weight excluding hydrogens is 402 g/mol. The summed E-state index contributed by atoms with van der Waals surface area (Å²) in [7, 11) is 0.